The molecular weight excluding hydrogens is 227 g/mol. The van der Waals surface area contributed by atoms with Crippen LogP contribution >= 0.6 is 0 Å². The maximum atomic E-state index is 13.8. The first-order chi connectivity index (χ1) is 8.60. The molecular formula is C15H23FN2. The molecule has 0 aromatic heterocycles. The molecule has 2 atom stereocenters. The SMILES string of the molecule is Cc1ccc(F)c(CN2CC(CN)CCC2C)c1. The van der Waals surface area contributed by atoms with Gasteiger partial charge in [0.1, 0.15) is 5.82 Å². The molecule has 1 saturated heterocycles. The Morgan fingerprint density at radius 1 is 1.39 bits per heavy atom. The Labute approximate surface area is 109 Å². The van der Waals surface area contributed by atoms with Gasteiger partial charge in [-0.3, -0.25) is 4.90 Å². The lowest BCUT2D eigenvalue weighted by atomic mass is 9.93. The number of hydrogen-bond donors (Lipinski definition) is 1. The summed E-state index contributed by atoms with van der Waals surface area (Å²) >= 11 is 0. The highest BCUT2D eigenvalue weighted by Gasteiger charge is 2.25. The molecule has 2 nitrogen and oxygen atoms in total. The van der Waals surface area contributed by atoms with E-state index in [1.165, 1.54) is 6.42 Å². The molecule has 100 valence electrons. The first-order valence-electron chi connectivity index (χ1n) is 6.79. The van der Waals surface area contributed by atoms with E-state index in [4.69, 9.17) is 5.73 Å². The van der Waals surface area contributed by atoms with Crippen LogP contribution in [0.25, 0.3) is 0 Å². The Morgan fingerprint density at radius 3 is 2.89 bits per heavy atom. The van der Waals surface area contributed by atoms with E-state index in [2.05, 4.69) is 11.8 Å². The van der Waals surface area contributed by atoms with Crippen molar-refractivity contribution in [1.29, 1.82) is 0 Å². The molecule has 0 bridgehead atoms. The maximum absolute atomic E-state index is 13.8. The highest BCUT2D eigenvalue weighted by atomic mass is 19.1. The molecule has 3 heteroatoms. The Morgan fingerprint density at radius 2 is 2.17 bits per heavy atom. The van der Waals surface area contributed by atoms with E-state index in [1.54, 1.807) is 6.07 Å². The number of nitrogens with two attached hydrogens (primary N) is 1. The molecule has 0 amide bonds. The van der Waals surface area contributed by atoms with Gasteiger partial charge in [-0.25, -0.2) is 4.39 Å². The van der Waals surface area contributed by atoms with Crippen molar-refractivity contribution in [3.8, 4) is 0 Å². The summed E-state index contributed by atoms with van der Waals surface area (Å²) in [4.78, 5) is 2.36. The fraction of sp³-hybridized carbons (Fsp3) is 0.600. The minimum Gasteiger partial charge on any atom is -0.330 e. The lowest BCUT2D eigenvalue weighted by molar-refractivity contribution is 0.112. The summed E-state index contributed by atoms with van der Waals surface area (Å²) in [5, 5.41) is 0. The van der Waals surface area contributed by atoms with Crippen LogP contribution in [-0.2, 0) is 6.54 Å². The predicted molar refractivity (Wildman–Crippen MR) is 72.8 cm³/mol. The molecule has 2 unspecified atom stereocenters. The number of likely N-dealkylation sites (tertiary alicyclic amines) is 1. The van der Waals surface area contributed by atoms with Crippen molar-refractivity contribution < 1.29 is 4.39 Å². The van der Waals surface area contributed by atoms with E-state index in [-0.39, 0.29) is 5.82 Å². The molecule has 18 heavy (non-hydrogen) atoms. The Kier molecular flexibility index (Phi) is 4.36. The lowest BCUT2D eigenvalue weighted by Gasteiger charge is -2.37. The zero-order valence-electron chi connectivity index (χ0n) is 11.3. The topological polar surface area (TPSA) is 29.3 Å². The van der Waals surface area contributed by atoms with Gasteiger partial charge in [0.15, 0.2) is 0 Å². The summed E-state index contributed by atoms with van der Waals surface area (Å²) < 4.78 is 13.8. The van der Waals surface area contributed by atoms with Crippen molar-refractivity contribution in [1.82, 2.24) is 4.90 Å². The fourth-order valence-electron chi connectivity index (χ4n) is 2.72. The second kappa shape index (κ2) is 5.81. The van der Waals surface area contributed by atoms with Crippen molar-refractivity contribution in [3.63, 3.8) is 0 Å². The summed E-state index contributed by atoms with van der Waals surface area (Å²) in [7, 11) is 0. The van der Waals surface area contributed by atoms with Crippen molar-refractivity contribution in [2.45, 2.75) is 39.3 Å². The second-order valence-corrected chi connectivity index (χ2v) is 5.55. The van der Waals surface area contributed by atoms with E-state index in [1.807, 2.05) is 19.1 Å². The van der Waals surface area contributed by atoms with Crippen molar-refractivity contribution in [3.05, 3.63) is 35.1 Å². The van der Waals surface area contributed by atoms with Gasteiger partial charge < -0.3 is 5.73 Å². The number of piperidine rings is 1. The van der Waals surface area contributed by atoms with Crippen LogP contribution in [0.15, 0.2) is 18.2 Å². The number of nitrogens with zero attached hydrogens (tertiary/aromatic N) is 1. The monoisotopic (exact) mass is 250 g/mol. The molecule has 2 N–H and O–H groups in total. The third-order valence-electron chi connectivity index (χ3n) is 4.02. The maximum Gasteiger partial charge on any atom is 0.127 e. The van der Waals surface area contributed by atoms with Crippen molar-refractivity contribution in [2.24, 2.45) is 11.7 Å². The van der Waals surface area contributed by atoms with Crippen molar-refractivity contribution >= 4 is 0 Å². The number of rotatable bonds is 3. The van der Waals surface area contributed by atoms with Gasteiger partial charge in [-0.1, -0.05) is 17.7 Å². The fourth-order valence-corrected chi connectivity index (χ4v) is 2.72. The number of hydrogen-bond acceptors (Lipinski definition) is 2. The van der Waals surface area contributed by atoms with Crippen LogP contribution in [0.1, 0.15) is 30.9 Å². The van der Waals surface area contributed by atoms with E-state index >= 15 is 0 Å². The zero-order chi connectivity index (χ0) is 13.1. The minimum atomic E-state index is -0.0947. The van der Waals surface area contributed by atoms with Gasteiger partial charge in [0, 0.05) is 24.7 Å². The first kappa shape index (κ1) is 13.5. The van der Waals surface area contributed by atoms with Crippen molar-refractivity contribution in [2.75, 3.05) is 13.1 Å². The van der Waals surface area contributed by atoms with E-state index < -0.39 is 0 Å². The van der Waals surface area contributed by atoms with Gasteiger partial charge in [-0.2, -0.15) is 0 Å². The molecule has 1 heterocycles. The Balaban J connectivity index is 2.09. The molecule has 1 aliphatic rings. The molecule has 2 rings (SSSR count). The van der Waals surface area contributed by atoms with Crippen LogP contribution in [0, 0.1) is 18.7 Å². The normalized spacial score (nSPS) is 25.3. The summed E-state index contributed by atoms with van der Waals surface area (Å²) in [6.07, 6.45) is 2.36. The van der Waals surface area contributed by atoms with Gasteiger partial charge in [-0.15, -0.1) is 0 Å². The summed E-state index contributed by atoms with van der Waals surface area (Å²) in [5.74, 6) is 0.469. The third-order valence-corrected chi connectivity index (χ3v) is 4.02. The summed E-state index contributed by atoms with van der Waals surface area (Å²) in [6, 6.07) is 5.86. The van der Waals surface area contributed by atoms with Crippen LogP contribution in [0.2, 0.25) is 0 Å². The van der Waals surface area contributed by atoms with Crippen LogP contribution in [0.4, 0.5) is 4.39 Å². The lowest BCUT2D eigenvalue weighted by Crippen LogP contribution is -2.43. The standard InChI is InChI=1S/C15H23FN2/c1-11-3-6-15(16)14(7-11)10-18-9-13(8-17)5-4-12(18)2/h3,6-7,12-13H,4-5,8-10,17H2,1-2H3. The van der Waals surface area contributed by atoms with E-state index in [9.17, 15) is 4.39 Å². The van der Waals surface area contributed by atoms with Crippen LogP contribution in [0.3, 0.4) is 0 Å². The number of benzene rings is 1. The first-order valence-corrected chi connectivity index (χ1v) is 6.79. The highest BCUT2D eigenvalue weighted by Crippen LogP contribution is 2.24. The van der Waals surface area contributed by atoms with E-state index in [0.29, 0.717) is 18.5 Å². The second-order valence-electron chi connectivity index (χ2n) is 5.55. The van der Waals surface area contributed by atoms with Crippen LogP contribution in [-0.4, -0.2) is 24.0 Å². The summed E-state index contributed by atoms with van der Waals surface area (Å²) in [6.45, 7) is 6.65. The van der Waals surface area contributed by atoms with Gasteiger partial charge in [0.2, 0.25) is 0 Å². The van der Waals surface area contributed by atoms with Gasteiger partial charge in [0.25, 0.3) is 0 Å². The molecule has 1 aliphatic heterocycles. The van der Waals surface area contributed by atoms with Crippen LogP contribution in [0.5, 0.6) is 0 Å². The molecule has 1 aromatic rings. The zero-order valence-corrected chi connectivity index (χ0v) is 11.3. The number of halogens is 1. The molecule has 0 spiro atoms. The average molecular weight is 250 g/mol. The number of aryl methyl sites for hydroxylation is 1. The van der Waals surface area contributed by atoms with E-state index in [0.717, 1.165) is 30.6 Å². The molecule has 0 radical (unpaired) electrons. The Bertz CT molecular complexity index is 405. The molecule has 1 fully saturated rings. The molecule has 0 saturated carbocycles. The predicted octanol–water partition coefficient (Wildman–Crippen LogP) is 2.69. The smallest absolute Gasteiger partial charge is 0.127 e. The highest BCUT2D eigenvalue weighted by molar-refractivity contribution is 5.24. The largest absolute Gasteiger partial charge is 0.330 e. The third kappa shape index (κ3) is 3.09. The van der Waals surface area contributed by atoms with Gasteiger partial charge in [0.05, 0.1) is 0 Å². The quantitative estimate of drug-likeness (QED) is 0.893. The summed E-state index contributed by atoms with van der Waals surface area (Å²) in [5.41, 5.74) is 7.68. The Hall–Kier alpha value is -0.930. The molecule has 0 aliphatic carbocycles. The average Bonchev–Trinajstić information content (AvgIpc) is 2.36. The van der Waals surface area contributed by atoms with Crippen LogP contribution < -0.4 is 5.73 Å². The molecule has 1 aromatic carbocycles. The van der Waals surface area contributed by atoms with Gasteiger partial charge in [-0.05, 0) is 45.2 Å². The minimum absolute atomic E-state index is 0.0947. The van der Waals surface area contributed by atoms with Gasteiger partial charge >= 0.3 is 0 Å².